The van der Waals surface area contributed by atoms with E-state index in [1.165, 1.54) is 0 Å². The molecule has 0 spiro atoms. The lowest BCUT2D eigenvalue weighted by Gasteiger charge is -2.35. The van der Waals surface area contributed by atoms with Gasteiger partial charge in [-0.3, -0.25) is 9.59 Å². The molecule has 1 fully saturated rings. The summed E-state index contributed by atoms with van der Waals surface area (Å²) in [6, 6.07) is 21.6. The number of likely N-dealkylation sites (tertiary alicyclic amines) is 1. The minimum atomic E-state index is -0.0689. The molecule has 3 aromatic rings. The highest BCUT2D eigenvalue weighted by Crippen LogP contribution is 2.33. The van der Waals surface area contributed by atoms with Gasteiger partial charge in [-0.15, -0.1) is 0 Å². The van der Waals surface area contributed by atoms with Crippen LogP contribution in [0.25, 0.3) is 21.9 Å². The Morgan fingerprint density at radius 1 is 1.00 bits per heavy atom. The van der Waals surface area contributed by atoms with Gasteiger partial charge in [0.05, 0.1) is 12.0 Å². The predicted octanol–water partition coefficient (Wildman–Crippen LogP) is 4.58. The Labute approximate surface area is 182 Å². The quantitative estimate of drug-likeness (QED) is 0.617. The molecule has 0 radical (unpaired) electrons. The minimum Gasteiger partial charge on any atom is -0.339 e. The summed E-state index contributed by atoms with van der Waals surface area (Å²) in [5, 5.41) is 10.9. The third-order valence-corrected chi connectivity index (χ3v) is 5.98. The highest BCUT2D eigenvalue weighted by Gasteiger charge is 2.31. The van der Waals surface area contributed by atoms with Crippen LogP contribution in [0.2, 0.25) is 0 Å². The molecule has 0 unspecified atom stereocenters. The van der Waals surface area contributed by atoms with Crippen LogP contribution < -0.4 is 0 Å². The lowest BCUT2D eigenvalue weighted by molar-refractivity contribution is 0.0579. The smallest absolute Gasteiger partial charge is 0.254 e. The van der Waals surface area contributed by atoms with Crippen LogP contribution in [0.4, 0.5) is 0 Å². The van der Waals surface area contributed by atoms with Crippen LogP contribution in [0.5, 0.6) is 0 Å². The predicted molar refractivity (Wildman–Crippen MR) is 122 cm³/mol. The van der Waals surface area contributed by atoms with Crippen molar-refractivity contribution in [3.63, 3.8) is 0 Å². The van der Waals surface area contributed by atoms with Gasteiger partial charge < -0.3 is 9.80 Å². The van der Waals surface area contributed by atoms with Crippen molar-refractivity contribution in [1.82, 2.24) is 9.80 Å². The molecular formula is C26H25N3O2. The molecule has 0 bridgehead atoms. The Bertz CT molecular complexity index is 1180. The molecule has 0 aliphatic carbocycles. The van der Waals surface area contributed by atoms with Crippen LogP contribution in [-0.4, -0.2) is 47.8 Å². The van der Waals surface area contributed by atoms with Gasteiger partial charge in [-0.05, 0) is 53.9 Å². The van der Waals surface area contributed by atoms with E-state index in [1.54, 1.807) is 9.80 Å². The second-order valence-corrected chi connectivity index (χ2v) is 7.80. The number of hydrogen-bond donors (Lipinski definition) is 0. The van der Waals surface area contributed by atoms with Crippen LogP contribution in [-0.2, 0) is 0 Å². The van der Waals surface area contributed by atoms with E-state index < -0.39 is 0 Å². The highest BCUT2D eigenvalue weighted by atomic mass is 16.2. The van der Waals surface area contributed by atoms with Crippen molar-refractivity contribution in [2.45, 2.75) is 13.8 Å². The Kier molecular flexibility index (Phi) is 5.73. The van der Waals surface area contributed by atoms with Crippen molar-refractivity contribution in [2.24, 2.45) is 5.92 Å². The third kappa shape index (κ3) is 3.77. The first-order valence-corrected chi connectivity index (χ1v) is 10.7. The molecule has 5 heteroatoms. The Morgan fingerprint density at radius 3 is 2.39 bits per heavy atom. The van der Waals surface area contributed by atoms with E-state index in [2.05, 4.69) is 6.07 Å². The summed E-state index contributed by atoms with van der Waals surface area (Å²) in [5.74, 6) is -0.0898. The standard InChI is InChI=1S/C26H25N3O2/c1-3-28(4-2)25(30)20-9-7-8-19(14-20)21-12-13-24(23-11-6-5-10-22(21)23)26(31)29-16-18(15-27)17-29/h5-14,18H,3-4,16-17H2,1-2H3. The monoisotopic (exact) mass is 411 g/mol. The van der Waals surface area contributed by atoms with E-state index in [-0.39, 0.29) is 17.7 Å². The number of rotatable bonds is 5. The first-order valence-electron chi connectivity index (χ1n) is 10.7. The molecule has 1 aliphatic heterocycles. The Balaban J connectivity index is 1.74. The molecular weight excluding hydrogens is 386 g/mol. The van der Waals surface area contributed by atoms with Gasteiger partial charge in [0, 0.05) is 37.3 Å². The molecule has 1 aliphatic rings. The zero-order valence-corrected chi connectivity index (χ0v) is 17.8. The van der Waals surface area contributed by atoms with Gasteiger partial charge >= 0.3 is 0 Å². The molecule has 4 rings (SSSR count). The van der Waals surface area contributed by atoms with E-state index in [9.17, 15) is 9.59 Å². The maximum Gasteiger partial charge on any atom is 0.254 e. The summed E-state index contributed by atoms with van der Waals surface area (Å²) in [5.41, 5.74) is 3.24. The van der Waals surface area contributed by atoms with Crippen molar-refractivity contribution < 1.29 is 9.59 Å². The van der Waals surface area contributed by atoms with Crippen molar-refractivity contribution in [3.8, 4) is 17.2 Å². The van der Waals surface area contributed by atoms with E-state index in [0.29, 0.717) is 37.3 Å². The van der Waals surface area contributed by atoms with Gasteiger partial charge in [0.15, 0.2) is 0 Å². The Morgan fingerprint density at radius 2 is 1.71 bits per heavy atom. The molecule has 1 heterocycles. The molecule has 0 saturated carbocycles. The van der Waals surface area contributed by atoms with Gasteiger partial charge in [-0.2, -0.15) is 5.26 Å². The number of carbonyl (C=O) groups excluding carboxylic acids is 2. The molecule has 5 nitrogen and oxygen atoms in total. The van der Waals surface area contributed by atoms with E-state index >= 15 is 0 Å². The normalized spacial score (nSPS) is 13.5. The first kappa shape index (κ1) is 20.6. The van der Waals surface area contributed by atoms with Gasteiger partial charge in [-0.25, -0.2) is 0 Å². The van der Waals surface area contributed by atoms with Crippen LogP contribution in [0, 0.1) is 17.2 Å². The molecule has 0 N–H and O–H groups in total. The van der Waals surface area contributed by atoms with E-state index in [4.69, 9.17) is 5.26 Å². The number of nitrogens with zero attached hydrogens (tertiary/aromatic N) is 3. The SMILES string of the molecule is CCN(CC)C(=O)c1cccc(-c2ccc(C(=O)N3CC(C#N)C3)c3ccccc23)c1. The number of nitriles is 1. The summed E-state index contributed by atoms with van der Waals surface area (Å²) in [6.45, 7) is 6.27. The number of hydrogen-bond acceptors (Lipinski definition) is 3. The number of benzene rings is 3. The summed E-state index contributed by atoms with van der Waals surface area (Å²) in [4.78, 5) is 29.3. The molecule has 1 saturated heterocycles. The van der Waals surface area contributed by atoms with Gasteiger partial charge in [-0.1, -0.05) is 42.5 Å². The zero-order chi connectivity index (χ0) is 22.0. The first-order chi connectivity index (χ1) is 15.1. The van der Waals surface area contributed by atoms with Crippen LogP contribution in [0.3, 0.4) is 0 Å². The molecule has 3 aromatic carbocycles. The van der Waals surface area contributed by atoms with E-state index in [1.807, 2.05) is 74.5 Å². The summed E-state index contributed by atoms with van der Waals surface area (Å²) in [7, 11) is 0. The zero-order valence-electron chi connectivity index (χ0n) is 17.8. The second-order valence-electron chi connectivity index (χ2n) is 7.80. The van der Waals surface area contributed by atoms with E-state index in [0.717, 1.165) is 21.9 Å². The number of amides is 2. The van der Waals surface area contributed by atoms with Gasteiger partial charge in [0.1, 0.15) is 0 Å². The number of fused-ring (bicyclic) bond motifs is 1. The molecule has 0 atom stereocenters. The summed E-state index contributed by atoms with van der Waals surface area (Å²) < 4.78 is 0. The lowest BCUT2D eigenvalue weighted by Crippen LogP contribution is -2.49. The van der Waals surface area contributed by atoms with Crippen LogP contribution in [0.15, 0.2) is 60.7 Å². The average Bonchev–Trinajstić information content (AvgIpc) is 2.78. The molecule has 2 amide bonds. The summed E-state index contributed by atoms with van der Waals surface area (Å²) in [6.07, 6.45) is 0. The largest absolute Gasteiger partial charge is 0.339 e. The average molecular weight is 412 g/mol. The van der Waals surface area contributed by atoms with Gasteiger partial charge in [0.2, 0.25) is 0 Å². The van der Waals surface area contributed by atoms with Crippen molar-refractivity contribution in [1.29, 1.82) is 5.26 Å². The minimum absolute atomic E-state index is 0.0211. The van der Waals surface area contributed by atoms with Gasteiger partial charge in [0.25, 0.3) is 11.8 Å². The fourth-order valence-electron chi connectivity index (χ4n) is 4.15. The molecule has 156 valence electrons. The maximum atomic E-state index is 13.0. The third-order valence-electron chi connectivity index (χ3n) is 5.98. The fraction of sp³-hybridized carbons (Fsp3) is 0.269. The fourth-order valence-corrected chi connectivity index (χ4v) is 4.15. The topological polar surface area (TPSA) is 64.4 Å². The molecule has 31 heavy (non-hydrogen) atoms. The van der Waals surface area contributed by atoms with Crippen molar-refractivity contribution in [2.75, 3.05) is 26.2 Å². The van der Waals surface area contributed by atoms with Crippen molar-refractivity contribution >= 4 is 22.6 Å². The summed E-state index contributed by atoms with van der Waals surface area (Å²) >= 11 is 0. The second kappa shape index (κ2) is 8.61. The van der Waals surface area contributed by atoms with Crippen LogP contribution in [0.1, 0.15) is 34.6 Å². The maximum absolute atomic E-state index is 13.0. The lowest BCUT2D eigenvalue weighted by atomic mass is 9.92. The Hall–Kier alpha value is -3.65. The highest BCUT2D eigenvalue weighted by molar-refractivity contribution is 6.11. The molecule has 0 aromatic heterocycles. The van der Waals surface area contributed by atoms with Crippen LogP contribution >= 0.6 is 0 Å². The number of carbonyl (C=O) groups is 2. The van der Waals surface area contributed by atoms with Crippen molar-refractivity contribution in [3.05, 3.63) is 71.8 Å².